The van der Waals surface area contributed by atoms with Crippen molar-refractivity contribution >= 4 is 47.2 Å². The van der Waals surface area contributed by atoms with E-state index in [4.69, 9.17) is 23.2 Å². The standard InChI is InChI=1S/C17H17Cl2N5O2/c1-11-6-15(16(26)24-4-2-23(10-25)3-5-24)22-17(20-11)21-14-8-12(18)7-13(19)9-14/h6-10H,2-5H2,1H3,(H,20,21,22). The summed E-state index contributed by atoms with van der Waals surface area (Å²) in [6, 6.07) is 6.66. The summed E-state index contributed by atoms with van der Waals surface area (Å²) in [5, 5.41) is 3.99. The van der Waals surface area contributed by atoms with Gasteiger partial charge >= 0.3 is 0 Å². The number of carbonyl (C=O) groups is 2. The number of halogens is 2. The lowest BCUT2D eigenvalue weighted by atomic mass is 10.2. The quantitative estimate of drug-likeness (QED) is 0.807. The van der Waals surface area contributed by atoms with Crippen molar-refractivity contribution in [3.63, 3.8) is 0 Å². The first kappa shape index (κ1) is 18.4. The summed E-state index contributed by atoms with van der Waals surface area (Å²) in [6.07, 6.45) is 0.800. The fraction of sp³-hybridized carbons (Fsp3) is 0.294. The van der Waals surface area contributed by atoms with E-state index in [1.807, 2.05) is 0 Å². The molecule has 0 aliphatic carbocycles. The lowest BCUT2D eigenvalue weighted by Crippen LogP contribution is -2.48. The Morgan fingerprint density at radius 3 is 2.35 bits per heavy atom. The minimum atomic E-state index is -0.187. The second kappa shape index (κ2) is 7.88. The maximum Gasteiger partial charge on any atom is 0.272 e. The number of aromatic nitrogens is 2. The molecule has 1 N–H and O–H groups in total. The molecule has 3 rings (SSSR count). The molecule has 0 unspecified atom stereocenters. The first-order valence-corrected chi connectivity index (χ1v) is 8.77. The van der Waals surface area contributed by atoms with E-state index in [-0.39, 0.29) is 5.91 Å². The van der Waals surface area contributed by atoms with Crippen LogP contribution >= 0.6 is 23.2 Å². The van der Waals surface area contributed by atoms with Crippen molar-refractivity contribution in [2.75, 3.05) is 31.5 Å². The SMILES string of the molecule is Cc1cc(C(=O)N2CCN(C=O)CC2)nc(Nc2cc(Cl)cc(Cl)c2)n1. The highest BCUT2D eigenvalue weighted by Crippen LogP contribution is 2.24. The van der Waals surface area contributed by atoms with E-state index >= 15 is 0 Å². The van der Waals surface area contributed by atoms with Crippen LogP contribution in [0.15, 0.2) is 24.3 Å². The Morgan fingerprint density at radius 1 is 1.08 bits per heavy atom. The third-order valence-corrected chi connectivity index (χ3v) is 4.38. The molecule has 1 aliphatic heterocycles. The second-order valence-electron chi connectivity index (χ2n) is 5.93. The summed E-state index contributed by atoms with van der Waals surface area (Å²) in [5.74, 6) is 0.103. The van der Waals surface area contributed by atoms with E-state index in [2.05, 4.69) is 15.3 Å². The van der Waals surface area contributed by atoms with Crippen molar-refractivity contribution in [3.05, 3.63) is 45.7 Å². The van der Waals surface area contributed by atoms with Gasteiger partial charge in [0.1, 0.15) is 5.69 Å². The zero-order valence-electron chi connectivity index (χ0n) is 14.1. The zero-order valence-corrected chi connectivity index (χ0v) is 15.6. The number of aryl methyl sites for hydroxylation is 1. The number of piperazine rings is 1. The van der Waals surface area contributed by atoms with Crippen LogP contribution in [0.2, 0.25) is 10.0 Å². The van der Waals surface area contributed by atoms with Crippen molar-refractivity contribution in [2.24, 2.45) is 0 Å². The predicted octanol–water partition coefficient (Wildman–Crippen LogP) is 2.75. The zero-order chi connectivity index (χ0) is 18.7. The molecule has 0 bridgehead atoms. The largest absolute Gasteiger partial charge is 0.342 e. The molecule has 2 heterocycles. The maximum absolute atomic E-state index is 12.7. The summed E-state index contributed by atoms with van der Waals surface area (Å²) in [5.41, 5.74) is 1.59. The van der Waals surface area contributed by atoms with Gasteiger partial charge in [-0.2, -0.15) is 0 Å². The Balaban J connectivity index is 1.79. The molecule has 0 saturated carbocycles. The molecule has 0 radical (unpaired) electrons. The van der Waals surface area contributed by atoms with Gasteiger partial charge in [-0.25, -0.2) is 9.97 Å². The van der Waals surface area contributed by atoms with Gasteiger partial charge < -0.3 is 15.1 Å². The molecule has 1 aromatic heterocycles. The van der Waals surface area contributed by atoms with Crippen LogP contribution in [-0.2, 0) is 4.79 Å². The Morgan fingerprint density at radius 2 is 1.73 bits per heavy atom. The van der Waals surface area contributed by atoms with Crippen molar-refractivity contribution in [1.29, 1.82) is 0 Å². The predicted molar refractivity (Wildman–Crippen MR) is 100 cm³/mol. The molecule has 7 nitrogen and oxygen atoms in total. The lowest BCUT2D eigenvalue weighted by molar-refractivity contribution is -0.119. The Bertz CT molecular complexity index is 818. The number of rotatable bonds is 4. The fourth-order valence-electron chi connectivity index (χ4n) is 2.68. The number of hydrogen-bond acceptors (Lipinski definition) is 5. The highest BCUT2D eigenvalue weighted by Gasteiger charge is 2.23. The van der Waals surface area contributed by atoms with Crippen LogP contribution in [0.25, 0.3) is 0 Å². The number of anilines is 2. The molecule has 136 valence electrons. The Kier molecular flexibility index (Phi) is 5.58. The van der Waals surface area contributed by atoms with E-state index in [0.717, 1.165) is 6.41 Å². The molecule has 0 spiro atoms. The van der Waals surface area contributed by atoms with Crippen LogP contribution in [0.1, 0.15) is 16.2 Å². The normalized spacial score (nSPS) is 14.3. The van der Waals surface area contributed by atoms with Crippen LogP contribution < -0.4 is 5.32 Å². The van der Waals surface area contributed by atoms with Crippen molar-refractivity contribution in [3.8, 4) is 0 Å². The minimum Gasteiger partial charge on any atom is -0.342 e. The molecule has 2 aromatic rings. The molecule has 0 atom stereocenters. The van der Waals surface area contributed by atoms with Gasteiger partial charge in [-0.05, 0) is 31.2 Å². The summed E-state index contributed by atoms with van der Waals surface area (Å²) in [6.45, 7) is 3.79. The Labute approximate surface area is 160 Å². The number of nitrogens with zero attached hydrogens (tertiary/aromatic N) is 4. The summed E-state index contributed by atoms with van der Waals surface area (Å²) >= 11 is 12.0. The molecule has 26 heavy (non-hydrogen) atoms. The summed E-state index contributed by atoms with van der Waals surface area (Å²) < 4.78 is 0. The fourth-order valence-corrected chi connectivity index (χ4v) is 3.21. The van der Waals surface area contributed by atoms with Crippen molar-refractivity contribution in [1.82, 2.24) is 19.8 Å². The summed E-state index contributed by atoms with van der Waals surface area (Å²) in [4.78, 5) is 35.5. The lowest BCUT2D eigenvalue weighted by Gasteiger charge is -2.32. The van der Waals surface area contributed by atoms with Gasteiger partial charge in [0.2, 0.25) is 12.4 Å². The number of amides is 2. The monoisotopic (exact) mass is 393 g/mol. The molecular formula is C17H17Cl2N5O2. The maximum atomic E-state index is 12.7. The molecule has 1 aromatic carbocycles. The molecule has 1 fully saturated rings. The molecule has 1 aliphatic rings. The third-order valence-electron chi connectivity index (χ3n) is 3.94. The molecule has 2 amide bonds. The van der Waals surface area contributed by atoms with E-state index in [9.17, 15) is 9.59 Å². The highest BCUT2D eigenvalue weighted by atomic mass is 35.5. The molecule has 1 saturated heterocycles. The number of nitrogens with one attached hydrogen (secondary N) is 1. The average molecular weight is 394 g/mol. The van der Waals surface area contributed by atoms with E-state index < -0.39 is 0 Å². The van der Waals surface area contributed by atoms with E-state index in [0.29, 0.717) is 59.2 Å². The first-order chi connectivity index (χ1) is 12.4. The van der Waals surface area contributed by atoms with E-state index in [1.165, 1.54) is 0 Å². The van der Waals surface area contributed by atoms with E-state index in [1.54, 1.807) is 41.0 Å². The number of carbonyl (C=O) groups excluding carboxylic acids is 2. The van der Waals surface area contributed by atoms with Gasteiger partial charge in [0.05, 0.1) is 0 Å². The van der Waals surface area contributed by atoms with Crippen LogP contribution in [0.5, 0.6) is 0 Å². The van der Waals surface area contributed by atoms with Crippen molar-refractivity contribution < 1.29 is 9.59 Å². The number of hydrogen-bond donors (Lipinski definition) is 1. The van der Waals surface area contributed by atoms with Gasteiger partial charge in [0.15, 0.2) is 0 Å². The minimum absolute atomic E-state index is 0.187. The first-order valence-electron chi connectivity index (χ1n) is 8.02. The third kappa shape index (κ3) is 4.42. The van der Waals surface area contributed by atoms with Gasteiger partial charge in [-0.1, -0.05) is 23.2 Å². The van der Waals surface area contributed by atoms with Gasteiger partial charge in [0, 0.05) is 47.6 Å². The smallest absolute Gasteiger partial charge is 0.272 e. The van der Waals surface area contributed by atoms with Crippen LogP contribution in [0.3, 0.4) is 0 Å². The van der Waals surface area contributed by atoms with Gasteiger partial charge in [0.25, 0.3) is 5.91 Å². The topological polar surface area (TPSA) is 78.4 Å². The van der Waals surface area contributed by atoms with Crippen LogP contribution in [0, 0.1) is 6.92 Å². The van der Waals surface area contributed by atoms with Gasteiger partial charge in [-0.3, -0.25) is 9.59 Å². The summed E-state index contributed by atoms with van der Waals surface area (Å²) in [7, 11) is 0. The van der Waals surface area contributed by atoms with Crippen LogP contribution in [-0.4, -0.2) is 58.3 Å². The average Bonchev–Trinajstić information content (AvgIpc) is 2.60. The van der Waals surface area contributed by atoms with Crippen molar-refractivity contribution in [2.45, 2.75) is 6.92 Å². The molecule has 9 heteroatoms. The Hall–Kier alpha value is -2.38. The second-order valence-corrected chi connectivity index (χ2v) is 6.81. The number of benzene rings is 1. The van der Waals surface area contributed by atoms with Crippen LogP contribution in [0.4, 0.5) is 11.6 Å². The molecular weight excluding hydrogens is 377 g/mol. The van der Waals surface area contributed by atoms with Gasteiger partial charge in [-0.15, -0.1) is 0 Å². The highest BCUT2D eigenvalue weighted by molar-refractivity contribution is 6.35.